The number of hydrogen-bond acceptors (Lipinski definition) is 6. The van der Waals surface area contributed by atoms with E-state index in [1.165, 1.54) is 13.3 Å². The van der Waals surface area contributed by atoms with Gasteiger partial charge in [0.2, 0.25) is 5.91 Å². The van der Waals surface area contributed by atoms with Crippen LogP contribution in [0, 0.1) is 6.92 Å². The van der Waals surface area contributed by atoms with Crippen LogP contribution in [-0.4, -0.2) is 30.3 Å². The fourth-order valence-corrected chi connectivity index (χ4v) is 4.18. The second kappa shape index (κ2) is 12.4. The third kappa shape index (κ3) is 7.94. The molecule has 7 nitrogen and oxygen atoms in total. The number of amides is 1. The second-order valence-electron chi connectivity index (χ2n) is 12.0. The quantitative estimate of drug-likeness (QED) is 0.144. The van der Waals surface area contributed by atoms with Gasteiger partial charge in [0.15, 0.2) is 11.5 Å². The minimum Gasteiger partial charge on any atom is -0.507 e. The van der Waals surface area contributed by atoms with Crippen molar-refractivity contribution >= 4 is 18.1 Å². The molecule has 0 fully saturated rings. The fourth-order valence-electron chi connectivity index (χ4n) is 4.18. The van der Waals surface area contributed by atoms with Gasteiger partial charge < -0.3 is 14.6 Å². The minimum absolute atomic E-state index is 0.233. The van der Waals surface area contributed by atoms with E-state index in [1.807, 2.05) is 31.2 Å². The lowest BCUT2D eigenvalue weighted by molar-refractivity contribution is -0.121. The molecular weight excluding hydrogens is 504 g/mol. The summed E-state index contributed by atoms with van der Waals surface area (Å²) in [5.41, 5.74) is 6.90. The van der Waals surface area contributed by atoms with E-state index in [-0.39, 0.29) is 28.9 Å². The summed E-state index contributed by atoms with van der Waals surface area (Å²) in [6.45, 7) is 14.3. The molecule has 0 heterocycles. The molecule has 0 aliphatic heterocycles. The number of benzene rings is 3. The maximum absolute atomic E-state index is 12.6. The van der Waals surface area contributed by atoms with Crippen molar-refractivity contribution in [3.05, 3.63) is 88.0 Å². The van der Waals surface area contributed by atoms with Crippen molar-refractivity contribution in [3.8, 4) is 17.2 Å². The zero-order valence-electron chi connectivity index (χ0n) is 24.7. The lowest BCUT2D eigenvalue weighted by Crippen LogP contribution is -2.20. The van der Waals surface area contributed by atoms with Crippen molar-refractivity contribution in [2.75, 3.05) is 7.11 Å². The molecular formula is C33H40N2O5. The SMILES string of the molecule is COc1ccc(/C=N\NC(=O)CCc2cc(C(C)(C)C)c(O)c(C(C)(C)C)c2)cc1OC(=O)c1ccc(C)cc1. The lowest BCUT2D eigenvalue weighted by Gasteiger charge is -2.28. The Morgan fingerprint density at radius 1 is 0.900 bits per heavy atom. The highest BCUT2D eigenvalue weighted by molar-refractivity contribution is 5.92. The number of hydrazone groups is 1. The standard InChI is InChI=1S/C33H40N2O5/c1-21-9-13-24(14-10-21)31(38)40-28-19-23(11-15-27(28)39-8)20-34-35-29(36)16-12-22-17-25(32(2,3)4)30(37)26(18-22)33(5,6)7/h9-11,13-15,17-20,37H,12,16H2,1-8H3,(H,35,36)/b34-20-. The van der Waals surface area contributed by atoms with E-state index in [1.54, 1.807) is 30.3 Å². The maximum Gasteiger partial charge on any atom is 0.343 e. The van der Waals surface area contributed by atoms with E-state index >= 15 is 0 Å². The molecule has 7 heteroatoms. The third-order valence-corrected chi connectivity index (χ3v) is 6.51. The minimum atomic E-state index is -0.501. The molecule has 3 aromatic carbocycles. The molecule has 0 saturated heterocycles. The van der Waals surface area contributed by atoms with Crippen LogP contribution in [0.25, 0.3) is 0 Å². The highest BCUT2D eigenvalue weighted by Crippen LogP contribution is 2.40. The number of carbonyl (C=O) groups is 2. The molecule has 0 radical (unpaired) electrons. The number of nitrogens with one attached hydrogen (secondary N) is 1. The Balaban J connectivity index is 1.67. The van der Waals surface area contributed by atoms with Crippen molar-refractivity contribution in [2.45, 2.75) is 72.1 Å². The Morgan fingerprint density at radius 2 is 1.50 bits per heavy atom. The first-order valence-corrected chi connectivity index (χ1v) is 13.3. The number of aryl methyl sites for hydroxylation is 2. The number of methoxy groups -OCH3 is 1. The molecule has 0 aromatic heterocycles. The van der Waals surface area contributed by atoms with Crippen LogP contribution in [0.3, 0.4) is 0 Å². The zero-order valence-corrected chi connectivity index (χ0v) is 24.7. The number of hydrogen-bond donors (Lipinski definition) is 2. The molecule has 3 aromatic rings. The number of phenolic OH excluding ortho intramolecular Hbond substituents is 1. The third-order valence-electron chi connectivity index (χ3n) is 6.51. The highest BCUT2D eigenvalue weighted by Gasteiger charge is 2.26. The molecule has 3 rings (SSSR count). The summed E-state index contributed by atoms with van der Waals surface area (Å²) in [7, 11) is 1.50. The summed E-state index contributed by atoms with van der Waals surface area (Å²) < 4.78 is 10.9. The van der Waals surface area contributed by atoms with Gasteiger partial charge in [-0.3, -0.25) is 4.79 Å². The second-order valence-corrected chi connectivity index (χ2v) is 12.0. The van der Waals surface area contributed by atoms with Crippen molar-refractivity contribution in [3.63, 3.8) is 0 Å². The van der Waals surface area contributed by atoms with Crippen LogP contribution >= 0.6 is 0 Å². The summed E-state index contributed by atoms with van der Waals surface area (Å²) in [5, 5.41) is 15.0. The average molecular weight is 545 g/mol. The first kappa shape index (κ1) is 30.4. The Labute approximate surface area is 237 Å². The van der Waals surface area contributed by atoms with Gasteiger partial charge in [-0.05, 0) is 76.8 Å². The number of rotatable bonds is 8. The summed E-state index contributed by atoms with van der Waals surface area (Å²) in [4.78, 5) is 25.2. The number of aromatic hydroxyl groups is 1. The Kier molecular flexibility index (Phi) is 9.40. The zero-order chi connectivity index (χ0) is 29.7. The van der Waals surface area contributed by atoms with Gasteiger partial charge >= 0.3 is 5.97 Å². The Bertz CT molecular complexity index is 1360. The smallest absolute Gasteiger partial charge is 0.343 e. The van der Waals surface area contributed by atoms with Gasteiger partial charge in [0, 0.05) is 6.42 Å². The van der Waals surface area contributed by atoms with Crippen molar-refractivity contribution < 1.29 is 24.2 Å². The van der Waals surface area contributed by atoms with Gasteiger partial charge in [0.25, 0.3) is 0 Å². The first-order chi connectivity index (χ1) is 18.7. The van der Waals surface area contributed by atoms with E-state index in [2.05, 4.69) is 52.1 Å². The van der Waals surface area contributed by atoms with E-state index in [9.17, 15) is 14.7 Å². The molecule has 0 aliphatic rings. The van der Waals surface area contributed by atoms with Gasteiger partial charge in [-0.15, -0.1) is 0 Å². The van der Waals surface area contributed by atoms with Crippen LogP contribution in [0.5, 0.6) is 17.2 Å². The monoisotopic (exact) mass is 544 g/mol. The van der Waals surface area contributed by atoms with Crippen LogP contribution in [-0.2, 0) is 22.0 Å². The summed E-state index contributed by atoms with van der Waals surface area (Å²) in [6.07, 6.45) is 2.23. The molecule has 212 valence electrons. The van der Waals surface area contributed by atoms with Crippen LogP contribution in [0.1, 0.15) is 86.1 Å². The van der Waals surface area contributed by atoms with Crippen molar-refractivity contribution in [1.82, 2.24) is 5.43 Å². The highest BCUT2D eigenvalue weighted by atomic mass is 16.6. The topological polar surface area (TPSA) is 97.2 Å². The number of phenols is 1. The fraction of sp³-hybridized carbons (Fsp3) is 0.364. The van der Waals surface area contributed by atoms with Gasteiger partial charge in [-0.1, -0.05) is 71.4 Å². The Hall–Kier alpha value is -4.13. The number of esters is 1. The number of ether oxygens (including phenoxy) is 2. The number of nitrogens with zero attached hydrogens (tertiary/aromatic N) is 1. The van der Waals surface area contributed by atoms with E-state index in [0.29, 0.717) is 29.0 Å². The van der Waals surface area contributed by atoms with Gasteiger partial charge in [-0.25, -0.2) is 10.2 Å². The molecule has 40 heavy (non-hydrogen) atoms. The van der Waals surface area contributed by atoms with Crippen LogP contribution in [0.4, 0.5) is 0 Å². The maximum atomic E-state index is 12.6. The van der Waals surface area contributed by atoms with Gasteiger partial charge in [-0.2, -0.15) is 5.10 Å². The van der Waals surface area contributed by atoms with Crippen LogP contribution < -0.4 is 14.9 Å². The Morgan fingerprint density at radius 3 is 2.05 bits per heavy atom. The summed E-state index contributed by atoms with van der Waals surface area (Å²) in [6, 6.07) is 16.1. The van der Waals surface area contributed by atoms with Crippen molar-refractivity contribution in [2.24, 2.45) is 5.10 Å². The van der Waals surface area contributed by atoms with E-state index in [0.717, 1.165) is 22.3 Å². The molecule has 2 N–H and O–H groups in total. The van der Waals surface area contributed by atoms with Crippen molar-refractivity contribution in [1.29, 1.82) is 0 Å². The lowest BCUT2D eigenvalue weighted by atomic mass is 9.78. The van der Waals surface area contributed by atoms with Crippen LogP contribution in [0.15, 0.2) is 59.7 Å². The normalized spacial score (nSPS) is 11.9. The number of carbonyl (C=O) groups excluding carboxylic acids is 2. The first-order valence-electron chi connectivity index (χ1n) is 13.3. The molecule has 0 aliphatic carbocycles. The largest absolute Gasteiger partial charge is 0.507 e. The van der Waals surface area contributed by atoms with Gasteiger partial charge in [0.05, 0.1) is 18.9 Å². The molecule has 0 unspecified atom stereocenters. The summed E-state index contributed by atoms with van der Waals surface area (Å²) in [5.74, 6) is 0.235. The van der Waals surface area contributed by atoms with Crippen LogP contribution in [0.2, 0.25) is 0 Å². The van der Waals surface area contributed by atoms with Gasteiger partial charge in [0.1, 0.15) is 5.75 Å². The molecule has 0 atom stereocenters. The van der Waals surface area contributed by atoms with E-state index < -0.39 is 5.97 Å². The molecule has 0 saturated carbocycles. The van der Waals surface area contributed by atoms with E-state index in [4.69, 9.17) is 9.47 Å². The average Bonchev–Trinajstić information content (AvgIpc) is 2.87. The predicted molar refractivity (Wildman–Crippen MR) is 159 cm³/mol. The summed E-state index contributed by atoms with van der Waals surface area (Å²) >= 11 is 0. The molecule has 0 bridgehead atoms. The predicted octanol–water partition coefficient (Wildman–Crippen LogP) is 6.61. The molecule has 1 amide bonds. The molecule has 0 spiro atoms.